The Labute approximate surface area is 123 Å². The first-order valence-electron chi connectivity index (χ1n) is 6.21. The van der Waals surface area contributed by atoms with E-state index in [-0.39, 0.29) is 35.0 Å². The quantitative estimate of drug-likeness (QED) is 0.765. The third-order valence-corrected chi connectivity index (χ3v) is 3.72. The number of benzene rings is 1. The van der Waals surface area contributed by atoms with Crippen molar-refractivity contribution in [2.75, 3.05) is 25.7 Å². The molecule has 0 saturated carbocycles. The maximum absolute atomic E-state index is 11.5. The standard InChI is InChI=1S/C13H19NO6S/c1-4-20-12-10(19-2)6-5-8(11(12)13(15)16)9(14)7-21(3,17)18/h5-6,9H,4,7,14H2,1-3H3,(H,15,16). The molecule has 3 N–H and O–H groups in total. The molecule has 0 spiro atoms. The highest BCUT2D eigenvalue weighted by atomic mass is 32.2. The van der Waals surface area contributed by atoms with Gasteiger partial charge < -0.3 is 20.3 Å². The highest BCUT2D eigenvalue weighted by Gasteiger charge is 2.26. The first-order chi connectivity index (χ1) is 9.71. The molecule has 8 heteroatoms. The van der Waals surface area contributed by atoms with Crippen LogP contribution < -0.4 is 15.2 Å². The highest BCUT2D eigenvalue weighted by Crippen LogP contribution is 2.36. The number of rotatable bonds is 7. The number of ether oxygens (including phenoxy) is 2. The first kappa shape index (κ1) is 17.3. The minimum atomic E-state index is -3.34. The SMILES string of the molecule is CCOc1c(OC)ccc(C(N)CS(C)(=O)=O)c1C(=O)O. The number of aromatic carboxylic acids is 1. The summed E-state index contributed by atoms with van der Waals surface area (Å²) in [5.74, 6) is -1.31. The number of carboxylic acids is 1. The van der Waals surface area contributed by atoms with Gasteiger partial charge >= 0.3 is 5.97 Å². The Morgan fingerprint density at radius 3 is 2.48 bits per heavy atom. The first-order valence-corrected chi connectivity index (χ1v) is 8.27. The number of carboxylic acid groups (broad SMARTS) is 1. The summed E-state index contributed by atoms with van der Waals surface area (Å²) < 4.78 is 33.1. The average molecular weight is 317 g/mol. The van der Waals surface area contributed by atoms with E-state index in [1.54, 1.807) is 6.92 Å². The second kappa shape index (κ2) is 6.77. The Morgan fingerprint density at radius 2 is 2.05 bits per heavy atom. The van der Waals surface area contributed by atoms with Crippen LogP contribution in [-0.2, 0) is 9.84 Å². The van der Waals surface area contributed by atoms with Gasteiger partial charge in [-0.3, -0.25) is 0 Å². The van der Waals surface area contributed by atoms with Gasteiger partial charge in [0.15, 0.2) is 11.5 Å². The molecule has 1 aromatic carbocycles. The van der Waals surface area contributed by atoms with Gasteiger partial charge in [-0.1, -0.05) is 6.07 Å². The molecule has 0 heterocycles. The maximum atomic E-state index is 11.5. The lowest BCUT2D eigenvalue weighted by Gasteiger charge is -2.18. The molecule has 1 aromatic rings. The third-order valence-electron chi connectivity index (χ3n) is 2.76. The van der Waals surface area contributed by atoms with Crippen LogP contribution in [0, 0.1) is 0 Å². The summed E-state index contributed by atoms with van der Waals surface area (Å²) in [6.45, 7) is 1.94. The molecule has 7 nitrogen and oxygen atoms in total. The fourth-order valence-corrected chi connectivity index (χ4v) is 2.80. The van der Waals surface area contributed by atoms with E-state index in [1.807, 2.05) is 0 Å². The van der Waals surface area contributed by atoms with E-state index < -0.39 is 21.8 Å². The van der Waals surface area contributed by atoms with E-state index in [9.17, 15) is 18.3 Å². The van der Waals surface area contributed by atoms with E-state index in [1.165, 1.54) is 19.2 Å². The molecule has 0 fully saturated rings. The lowest BCUT2D eigenvalue weighted by Crippen LogP contribution is -2.23. The Morgan fingerprint density at radius 1 is 1.43 bits per heavy atom. The molecular formula is C13H19NO6S. The Hall–Kier alpha value is -1.80. The minimum absolute atomic E-state index is 0.0500. The summed E-state index contributed by atoms with van der Waals surface area (Å²) in [6.07, 6.45) is 1.04. The van der Waals surface area contributed by atoms with Crippen LogP contribution in [0.4, 0.5) is 0 Å². The number of nitrogens with two attached hydrogens (primary N) is 1. The summed E-state index contributed by atoms with van der Waals surface area (Å²) in [6, 6.07) is 1.99. The molecule has 0 amide bonds. The molecular weight excluding hydrogens is 298 g/mol. The zero-order valence-corrected chi connectivity index (χ0v) is 12.9. The molecule has 0 aliphatic rings. The van der Waals surface area contributed by atoms with Crippen molar-refractivity contribution in [3.05, 3.63) is 23.3 Å². The second-order valence-electron chi connectivity index (χ2n) is 4.50. The van der Waals surface area contributed by atoms with Crippen LogP contribution in [-0.4, -0.2) is 45.2 Å². The largest absolute Gasteiger partial charge is 0.493 e. The zero-order valence-electron chi connectivity index (χ0n) is 12.1. The molecule has 1 atom stereocenters. The van der Waals surface area contributed by atoms with Crippen LogP contribution in [0.2, 0.25) is 0 Å². The normalized spacial score (nSPS) is 12.8. The molecule has 21 heavy (non-hydrogen) atoms. The number of sulfone groups is 1. The number of methoxy groups -OCH3 is 1. The van der Waals surface area contributed by atoms with Crippen molar-refractivity contribution >= 4 is 15.8 Å². The van der Waals surface area contributed by atoms with Crippen molar-refractivity contribution in [3.63, 3.8) is 0 Å². The topological polar surface area (TPSA) is 116 Å². The Balaban J connectivity index is 3.45. The van der Waals surface area contributed by atoms with Crippen LogP contribution in [0.15, 0.2) is 12.1 Å². The van der Waals surface area contributed by atoms with Gasteiger partial charge in [-0.25, -0.2) is 13.2 Å². The van der Waals surface area contributed by atoms with Crippen molar-refractivity contribution in [3.8, 4) is 11.5 Å². The van der Waals surface area contributed by atoms with Crippen LogP contribution in [0.25, 0.3) is 0 Å². The summed E-state index contributed by atoms with van der Waals surface area (Å²) in [4.78, 5) is 11.5. The van der Waals surface area contributed by atoms with Gasteiger partial charge in [0.1, 0.15) is 15.4 Å². The molecule has 1 rings (SSSR count). The Kier molecular flexibility index (Phi) is 5.56. The predicted molar refractivity (Wildman–Crippen MR) is 77.8 cm³/mol. The summed E-state index contributed by atoms with van der Waals surface area (Å²) in [7, 11) is -1.96. The molecule has 0 aromatic heterocycles. The van der Waals surface area contributed by atoms with Gasteiger partial charge in [-0.2, -0.15) is 0 Å². The smallest absolute Gasteiger partial charge is 0.339 e. The Bertz CT molecular complexity index is 626. The monoisotopic (exact) mass is 317 g/mol. The average Bonchev–Trinajstić information content (AvgIpc) is 2.36. The molecule has 0 aliphatic carbocycles. The van der Waals surface area contributed by atoms with E-state index in [4.69, 9.17) is 15.2 Å². The number of hydrogen-bond donors (Lipinski definition) is 2. The fourth-order valence-electron chi connectivity index (χ4n) is 1.97. The third kappa shape index (κ3) is 4.33. The van der Waals surface area contributed by atoms with Crippen molar-refractivity contribution in [1.82, 2.24) is 0 Å². The van der Waals surface area contributed by atoms with Crippen molar-refractivity contribution in [2.24, 2.45) is 5.73 Å². The van der Waals surface area contributed by atoms with Gasteiger partial charge in [0.05, 0.1) is 19.5 Å². The van der Waals surface area contributed by atoms with Crippen molar-refractivity contribution in [2.45, 2.75) is 13.0 Å². The highest BCUT2D eigenvalue weighted by molar-refractivity contribution is 7.90. The van der Waals surface area contributed by atoms with Crippen LogP contribution in [0.5, 0.6) is 11.5 Å². The van der Waals surface area contributed by atoms with Crippen LogP contribution >= 0.6 is 0 Å². The van der Waals surface area contributed by atoms with Crippen LogP contribution in [0.3, 0.4) is 0 Å². The van der Waals surface area contributed by atoms with E-state index in [2.05, 4.69) is 0 Å². The molecule has 0 radical (unpaired) electrons. The van der Waals surface area contributed by atoms with Crippen molar-refractivity contribution < 1.29 is 27.8 Å². The molecule has 1 unspecified atom stereocenters. The summed E-state index contributed by atoms with van der Waals surface area (Å²) in [5.41, 5.74) is 5.86. The molecule has 0 aliphatic heterocycles. The maximum Gasteiger partial charge on any atom is 0.339 e. The van der Waals surface area contributed by atoms with E-state index >= 15 is 0 Å². The zero-order chi connectivity index (χ0) is 16.2. The van der Waals surface area contributed by atoms with Gasteiger partial charge in [0, 0.05) is 12.3 Å². The molecule has 0 saturated heterocycles. The number of carbonyl (C=O) groups is 1. The van der Waals surface area contributed by atoms with E-state index in [0.29, 0.717) is 0 Å². The minimum Gasteiger partial charge on any atom is -0.493 e. The second-order valence-corrected chi connectivity index (χ2v) is 6.68. The predicted octanol–water partition coefficient (Wildman–Crippen LogP) is 0.837. The van der Waals surface area contributed by atoms with Gasteiger partial charge in [-0.05, 0) is 18.6 Å². The van der Waals surface area contributed by atoms with Gasteiger partial charge in [0.2, 0.25) is 0 Å². The molecule has 0 bridgehead atoms. The summed E-state index contributed by atoms with van der Waals surface area (Å²) in [5, 5.41) is 9.40. The van der Waals surface area contributed by atoms with Gasteiger partial charge in [0.25, 0.3) is 0 Å². The lowest BCUT2D eigenvalue weighted by molar-refractivity contribution is 0.0690. The van der Waals surface area contributed by atoms with E-state index in [0.717, 1.165) is 6.26 Å². The van der Waals surface area contributed by atoms with Gasteiger partial charge in [-0.15, -0.1) is 0 Å². The fraction of sp³-hybridized carbons (Fsp3) is 0.462. The molecule has 118 valence electrons. The van der Waals surface area contributed by atoms with Crippen molar-refractivity contribution in [1.29, 1.82) is 0 Å². The number of hydrogen-bond acceptors (Lipinski definition) is 6. The lowest BCUT2D eigenvalue weighted by atomic mass is 10.00. The van der Waals surface area contributed by atoms with Crippen LogP contribution in [0.1, 0.15) is 28.9 Å². The summed E-state index contributed by atoms with van der Waals surface area (Å²) >= 11 is 0.